The molecule has 0 aromatic carbocycles. The molecular weight excluding hydrogens is 214 g/mol. The summed E-state index contributed by atoms with van der Waals surface area (Å²) in [6.07, 6.45) is -1.14. The first kappa shape index (κ1) is 10.5. The zero-order valence-electron chi connectivity index (χ0n) is 8.67. The number of carbonyl (C=O) groups is 2. The maximum atomic E-state index is 11.3. The zero-order chi connectivity index (χ0) is 11.7. The second-order valence-electron chi connectivity index (χ2n) is 3.60. The molecule has 1 aliphatic rings. The number of hydrogen-bond acceptors (Lipinski definition) is 4. The second-order valence-corrected chi connectivity index (χ2v) is 3.60. The van der Waals surface area contributed by atoms with Gasteiger partial charge in [-0.05, 0) is 19.1 Å². The van der Waals surface area contributed by atoms with Gasteiger partial charge in [0.05, 0.1) is 6.54 Å². The second kappa shape index (κ2) is 3.88. The van der Waals surface area contributed by atoms with E-state index in [0.717, 1.165) is 10.7 Å². The largest absolute Gasteiger partial charge is 0.480 e. The number of hydrogen-bond donors (Lipinski definition) is 1. The van der Waals surface area contributed by atoms with Gasteiger partial charge in [0.2, 0.25) is 0 Å². The van der Waals surface area contributed by atoms with Gasteiger partial charge in [-0.1, -0.05) is 0 Å². The van der Waals surface area contributed by atoms with Crippen LogP contribution in [0, 0.1) is 6.92 Å². The molecule has 2 heterocycles. The minimum Gasteiger partial charge on any atom is -0.480 e. The van der Waals surface area contributed by atoms with Crippen molar-refractivity contribution in [3.05, 3.63) is 23.7 Å². The van der Waals surface area contributed by atoms with E-state index >= 15 is 0 Å². The highest BCUT2D eigenvalue weighted by Crippen LogP contribution is 2.27. The highest BCUT2D eigenvalue weighted by atomic mass is 16.6. The van der Waals surface area contributed by atoms with Crippen LogP contribution < -0.4 is 0 Å². The van der Waals surface area contributed by atoms with Gasteiger partial charge in [-0.2, -0.15) is 0 Å². The summed E-state index contributed by atoms with van der Waals surface area (Å²) >= 11 is 0. The number of furan rings is 1. The predicted molar refractivity (Wildman–Crippen MR) is 51.9 cm³/mol. The topological polar surface area (TPSA) is 80.0 Å². The Bertz CT molecular complexity index is 425. The van der Waals surface area contributed by atoms with Crippen molar-refractivity contribution in [2.45, 2.75) is 13.0 Å². The summed E-state index contributed by atoms with van der Waals surface area (Å²) in [5, 5.41) is 8.58. The summed E-state index contributed by atoms with van der Waals surface area (Å²) in [6.45, 7) is 1.64. The zero-order valence-corrected chi connectivity index (χ0v) is 8.67. The van der Waals surface area contributed by atoms with Crippen LogP contribution in [0.15, 0.2) is 16.5 Å². The third kappa shape index (κ3) is 2.00. The van der Waals surface area contributed by atoms with Crippen molar-refractivity contribution in [3.63, 3.8) is 0 Å². The van der Waals surface area contributed by atoms with Gasteiger partial charge in [0.25, 0.3) is 0 Å². The van der Waals surface area contributed by atoms with Crippen LogP contribution in [0.3, 0.4) is 0 Å². The SMILES string of the molecule is Cc1ccc(C2CN(CC(=O)O)C(=O)O2)o1. The van der Waals surface area contributed by atoms with Crippen molar-refractivity contribution < 1.29 is 23.8 Å². The molecule has 86 valence electrons. The molecule has 6 nitrogen and oxygen atoms in total. The van der Waals surface area contributed by atoms with Crippen LogP contribution >= 0.6 is 0 Å². The van der Waals surface area contributed by atoms with Crippen LogP contribution in [0.2, 0.25) is 0 Å². The number of aliphatic carboxylic acids is 1. The van der Waals surface area contributed by atoms with Gasteiger partial charge in [-0.3, -0.25) is 9.69 Å². The molecule has 0 spiro atoms. The normalized spacial score (nSPS) is 19.9. The standard InChI is InChI=1S/C10H11NO5/c1-6-2-3-7(15-6)8-4-11(5-9(12)13)10(14)16-8/h2-3,8H,4-5H2,1H3,(H,12,13). The smallest absolute Gasteiger partial charge is 0.411 e. The maximum Gasteiger partial charge on any atom is 0.411 e. The third-order valence-electron chi connectivity index (χ3n) is 2.29. The molecule has 0 aliphatic carbocycles. The van der Waals surface area contributed by atoms with Crippen LogP contribution in [0.5, 0.6) is 0 Å². The molecule has 1 fully saturated rings. The molecule has 0 bridgehead atoms. The number of amides is 1. The fourth-order valence-corrected chi connectivity index (χ4v) is 1.58. The summed E-state index contributed by atoms with van der Waals surface area (Å²) in [7, 11) is 0. The first-order chi connectivity index (χ1) is 7.56. The molecular formula is C10H11NO5. The molecule has 1 amide bonds. The molecule has 6 heteroatoms. The predicted octanol–water partition coefficient (Wildman–Crippen LogP) is 1.17. The summed E-state index contributed by atoms with van der Waals surface area (Å²) in [4.78, 5) is 22.9. The highest BCUT2D eigenvalue weighted by Gasteiger charge is 2.35. The van der Waals surface area contributed by atoms with Gasteiger partial charge in [0.1, 0.15) is 18.1 Å². The average Bonchev–Trinajstić information content (AvgIpc) is 2.74. The van der Waals surface area contributed by atoms with Gasteiger partial charge in [0.15, 0.2) is 6.10 Å². The Morgan fingerprint density at radius 2 is 2.38 bits per heavy atom. The molecule has 1 unspecified atom stereocenters. The molecule has 16 heavy (non-hydrogen) atoms. The van der Waals surface area contributed by atoms with Crippen LogP contribution in [-0.2, 0) is 9.53 Å². The molecule has 2 rings (SSSR count). The van der Waals surface area contributed by atoms with Gasteiger partial charge in [0, 0.05) is 0 Å². The van der Waals surface area contributed by atoms with E-state index < -0.39 is 18.2 Å². The molecule has 1 saturated heterocycles. The Morgan fingerprint density at radius 1 is 1.62 bits per heavy atom. The number of ether oxygens (including phenoxy) is 1. The van der Waals surface area contributed by atoms with Gasteiger partial charge in [-0.25, -0.2) is 4.79 Å². The lowest BCUT2D eigenvalue weighted by Crippen LogP contribution is -2.30. The van der Waals surface area contributed by atoms with Crippen LogP contribution in [-0.4, -0.2) is 35.2 Å². The number of carbonyl (C=O) groups excluding carboxylic acids is 1. The Morgan fingerprint density at radius 3 is 2.94 bits per heavy atom. The van der Waals surface area contributed by atoms with E-state index in [1.54, 1.807) is 19.1 Å². The number of cyclic esters (lactones) is 1. The number of aryl methyl sites for hydroxylation is 1. The summed E-state index contributed by atoms with van der Waals surface area (Å²) in [6, 6.07) is 3.49. The van der Waals surface area contributed by atoms with Crippen molar-refractivity contribution in [2.24, 2.45) is 0 Å². The molecule has 1 aliphatic heterocycles. The van der Waals surface area contributed by atoms with Crippen LogP contribution in [0.1, 0.15) is 17.6 Å². The molecule has 1 atom stereocenters. The molecule has 0 saturated carbocycles. The Kier molecular flexibility index (Phi) is 2.55. The first-order valence-corrected chi connectivity index (χ1v) is 4.80. The third-order valence-corrected chi connectivity index (χ3v) is 2.29. The number of carboxylic acid groups (broad SMARTS) is 1. The average molecular weight is 225 g/mol. The summed E-state index contributed by atoms with van der Waals surface area (Å²) in [5.74, 6) is 0.203. The Hall–Kier alpha value is -1.98. The Balaban J connectivity index is 2.06. The molecule has 1 aromatic rings. The minimum atomic E-state index is -1.06. The fraction of sp³-hybridized carbons (Fsp3) is 0.400. The number of nitrogens with zero attached hydrogens (tertiary/aromatic N) is 1. The van der Waals surface area contributed by atoms with E-state index in [4.69, 9.17) is 14.3 Å². The van der Waals surface area contributed by atoms with Gasteiger partial charge >= 0.3 is 12.1 Å². The van der Waals surface area contributed by atoms with Crippen molar-refractivity contribution in [2.75, 3.05) is 13.1 Å². The summed E-state index contributed by atoms with van der Waals surface area (Å²) in [5.41, 5.74) is 0. The van der Waals surface area contributed by atoms with E-state index in [1.165, 1.54) is 0 Å². The first-order valence-electron chi connectivity index (χ1n) is 4.80. The highest BCUT2D eigenvalue weighted by molar-refractivity contribution is 5.78. The molecule has 1 N–H and O–H groups in total. The van der Waals surface area contributed by atoms with E-state index in [9.17, 15) is 9.59 Å². The number of rotatable bonds is 3. The van der Waals surface area contributed by atoms with Crippen molar-refractivity contribution >= 4 is 12.1 Å². The fourth-order valence-electron chi connectivity index (χ4n) is 1.58. The van der Waals surface area contributed by atoms with Crippen molar-refractivity contribution in [1.82, 2.24) is 4.90 Å². The summed E-state index contributed by atoms with van der Waals surface area (Å²) < 4.78 is 10.3. The van der Waals surface area contributed by atoms with Crippen molar-refractivity contribution in [1.29, 1.82) is 0 Å². The van der Waals surface area contributed by atoms with Crippen molar-refractivity contribution in [3.8, 4) is 0 Å². The van der Waals surface area contributed by atoms with Gasteiger partial charge in [-0.15, -0.1) is 0 Å². The molecule has 0 radical (unpaired) electrons. The van der Waals surface area contributed by atoms with E-state index in [-0.39, 0.29) is 13.1 Å². The van der Waals surface area contributed by atoms with Crippen LogP contribution in [0.4, 0.5) is 4.79 Å². The lowest BCUT2D eigenvalue weighted by molar-refractivity contribution is -0.137. The van der Waals surface area contributed by atoms with E-state index in [2.05, 4.69) is 0 Å². The van der Waals surface area contributed by atoms with E-state index in [1.807, 2.05) is 0 Å². The maximum absolute atomic E-state index is 11.3. The Labute approximate surface area is 91.4 Å². The minimum absolute atomic E-state index is 0.206. The van der Waals surface area contributed by atoms with Gasteiger partial charge < -0.3 is 14.3 Å². The monoisotopic (exact) mass is 225 g/mol. The lowest BCUT2D eigenvalue weighted by atomic mass is 10.3. The van der Waals surface area contributed by atoms with E-state index in [0.29, 0.717) is 5.76 Å². The molecule has 1 aromatic heterocycles. The van der Waals surface area contributed by atoms with Crippen LogP contribution in [0.25, 0.3) is 0 Å². The quantitative estimate of drug-likeness (QED) is 0.835. The lowest BCUT2D eigenvalue weighted by Gasteiger charge is -2.07. The number of carboxylic acids is 1.